The van der Waals surface area contributed by atoms with Gasteiger partial charge < -0.3 is 15.6 Å². The third-order valence-corrected chi connectivity index (χ3v) is 2.23. The maximum Gasteiger partial charge on any atom is 0.573 e. The topological polar surface area (TPSA) is 85.4 Å². The molecule has 0 fully saturated rings. The quantitative estimate of drug-likeness (QED) is 0.857. The van der Waals surface area contributed by atoms with Gasteiger partial charge in [-0.3, -0.25) is 9.78 Å². The number of pyridine rings is 1. The number of halogens is 3. The molecule has 3 N–H and O–H groups in total. The van der Waals surface area contributed by atoms with Gasteiger partial charge in [-0.25, -0.2) is 0 Å². The Hall–Kier alpha value is -1.83. The van der Waals surface area contributed by atoms with E-state index < -0.39 is 24.5 Å². The zero-order chi connectivity index (χ0) is 13.9. The number of ether oxygens (including phenoxy) is 1. The Bertz CT molecular complexity index is 460. The molecule has 0 saturated carbocycles. The number of carboxylic acid groups (broad SMARTS) is 1. The number of hydrogen-bond acceptors (Lipinski definition) is 4. The van der Waals surface area contributed by atoms with Gasteiger partial charge in [0.05, 0.1) is 12.6 Å². The fourth-order valence-corrected chi connectivity index (χ4v) is 1.50. The maximum absolute atomic E-state index is 12.1. The molecule has 0 bridgehead atoms. The number of nitrogens with zero attached hydrogens (tertiary/aromatic N) is 1. The van der Waals surface area contributed by atoms with Crippen LogP contribution in [0, 0.1) is 6.92 Å². The molecule has 18 heavy (non-hydrogen) atoms. The average molecular weight is 264 g/mol. The number of carbonyl (C=O) groups is 1. The molecule has 0 aliphatic rings. The van der Waals surface area contributed by atoms with E-state index in [-0.39, 0.29) is 17.7 Å². The van der Waals surface area contributed by atoms with Crippen LogP contribution < -0.4 is 10.5 Å². The predicted octanol–water partition coefficient (Wildman–Crippen LogP) is 1.37. The van der Waals surface area contributed by atoms with Crippen molar-refractivity contribution in [3.8, 4) is 5.75 Å². The van der Waals surface area contributed by atoms with Crippen LogP contribution in [0.25, 0.3) is 0 Å². The van der Waals surface area contributed by atoms with Crippen molar-refractivity contribution in [3.63, 3.8) is 0 Å². The summed E-state index contributed by atoms with van der Waals surface area (Å²) in [5.41, 5.74) is 5.81. The van der Waals surface area contributed by atoms with Gasteiger partial charge in [0.1, 0.15) is 0 Å². The minimum atomic E-state index is -4.87. The third kappa shape index (κ3) is 3.59. The second kappa shape index (κ2) is 5.21. The van der Waals surface area contributed by atoms with Crippen LogP contribution in [-0.2, 0) is 17.8 Å². The lowest BCUT2D eigenvalue weighted by Gasteiger charge is -2.16. The van der Waals surface area contributed by atoms with Gasteiger partial charge in [0.2, 0.25) is 0 Å². The van der Waals surface area contributed by atoms with E-state index in [9.17, 15) is 18.0 Å². The molecule has 8 heteroatoms. The fourth-order valence-electron chi connectivity index (χ4n) is 1.50. The number of nitrogens with two attached hydrogens (primary N) is 1. The number of aryl methyl sites for hydroxylation is 1. The van der Waals surface area contributed by atoms with Crippen molar-refractivity contribution in [1.82, 2.24) is 4.98 Å². The molecule has 0 atom stereocenters. The normalized spacial score (nSPS) is 11.4. The van der Waals surface area contributed by atoms with Gasteiger partial charge in [-0.15, -0.1) is 13.2 Å². The van der Waals surface area contributed by atoms with Crippen molar-refractivity contribution in [2.75, 3.05) is 0 Å². The first kappa shape index (κ1) is 14.2. The second-order valence-electron chi connectivity index (χ2n) is 3.49. The molecule has 5 nitrogen and oxygen atoms in total. The Kier molecular flexibility index (Phi) is 4.12. The van der Waals surface area contributed by atoms with Crippen molar-refractivity contribution >= 4 is 5.97 Å². The van der Waals surface area contributed by atoms with Gasteiger partial charge in [-0.1, -0.05) is 0 Å². The SMILES string of the molecule is Cc1ncc(OC(F)(F)F)c(CN)c1CC(=O)O. The lowest BCUT2D eigenvalue weighted by atomic mass is 10.0. The summed E-state index contributed by atoms with van der Waals surface area (Å²) in [5.74, 6) is -1.74. The average Bonchev–Trinajstić information content (AvgIpc) is 2.20. The molecule has 0 saturated heterocycles. The number of rotatable bonds is 4. The molecule has 0 spiro atoms. The van der Waals surface area contributed by atoms with Crippen LogP contribution in [0.15, 0.2) is 6.20 Å². The highest BCUT2D eigenvalue weighted by Gasteiger charge is 2.33. The summed E-state index contributed by atoms with van der Waals surface area (Å²) in [6, 6.07) is 0. The number of carboxylic acids is 1. The third-order valence-electron chi connectivity index (χ3n) is 2.23. The van der Waals surface area contributed by atoms with Gasteiger partial charge in [0.25, 0.3) is 0 Å². The molecule has 100 valence electrons. The summed E-state index contributed by atoms with van der Waals surface area (Å²) in [6.45, 7) is 1.23. The van der Waals surface area contributed by atoms with Crippen LogP contribution in [0.4, 0.5) is 13.2 Å². The molecular formula is C10H11F3N2O3. The maximum atomic E-state index is 12.1. The van der Waals surface area contributed by atoms with Crippen molar-refractivity contribution in [3.05, 3.63) is 23.0 Å². The Morgan fingerprint density at radius 3 is 2.56 bits per heavy atom. The standard InChI is InChI=1S/C10H11F3N2O3/c1-5-6(2-9(16)17)7(3-14)8(4-15-5)18-10(11,12)13/h4H,2-3,14H2,1H3,(H,16,17). The zero-order valence-electron chi connectivity index (χ0n) is 9.41. The van der Waals surface area contributed by atoms with Crippen molar-refractivity contribution in [2.24, 2.45) is 5.73 Å². The monoisotopic (exact) mass is 264 g/mol. The first-order valence-corrected chi connectivity index (χ1v) is 4.89. The number of hydrogen-bond donors (Lipinski definition) is 2. The number of alkyl halides is 3. The molecule has 0 unspecified atom stereocenters. The van der Waals surface area contributed by atoms with Crippen LogP contribution in [0.3, 0.4) is 0 Å². The van der Waals surface area contributed by atoms with Crippen molar-refractivity contribution in [1.29, 1.82) is 0 Å². The predicted molar refractivity (Wildman–Crippen MR) is 54.9 cm³/mol. The molecule has 1 heterocycles. The van der Waals surface area contributed by atoms with Gasteiger partial charge in [-0.2, -0.15) is 0 Å². The second-order valence-corrected chi connectivity index (χ2v) is 3.49. The molecule has 1 aromatic rings. The summed E-state index contributed by atoms with van der Waals surface area (Å²) in [5, 5.41) is 8.70. The molecule has 0 aliphatic carbocycles. The zero-order valence-corrected chi connectivity index (χ0v) is 9.41. The molecule has 1 rings (SSSR count). The van der Waals surface area contributed by atoms with Crippen LogP contribution in [0.5, 0.6) is 5.75 Å². The van der Waals surface area contributed by atoms with E-state index in [4.69, 9.17) is 10.8 Å². The lowest BCUT2D eigenvalue weighted by molar-refractivity contribution is -0.275. The van der Waals surface area contributed by atoms with E-state index >= 15 is 0 Å². The van der Waals surface area contributed by atoms with Crippen LogP contribution >= 0.6 is 0 Å². The molecule has 0 amide bonds. The minimum Gasteiger partial charge on any atom is -0.481 e. The molecule has 1 aromatic heterocycles. The highest BCUT2D eigenvalue weighted by molar-refractivity contribution is 5.71. The largest absolute Gasteiger partial charge is 0.573 e. The van der Waals surface area contributed by atoms with E-state index in [1.54, 1.807) is 0 Å². The Morgan fingerprint density at radius 1 is 1.50 bits per heavy atom. The molecule has 0 aromatic carbocycles. The van der Waals surface area contributed by atoms with E-state index in [1.807, 2.05) is 0 Å². The van der Waals surface area contributed by atoms with Crippen LogP contribution in [-0.4, -0.2) is 22.4 Å². The Balaban J connectivity index is 3.24. The van der Waals surface area contributed by atoms with Crippen LogP contribution in [0.1, 0.15) is 16.8 Å². The van der Waals surface area contributed by atoms with E-state index in [2.05, 4.69) is 9.72 Å². The van der Waals surface area contributed by atoms with Gasteiger partial charge in [-0.05, 0) is 12.5 Å². The Labute approximate surface area is 100 Å². The van der Waals surface area contributed by atoms with E-state index in [0.29, 0.717) is 5.69 Å². The van der Waals surface area contributed by atoms with Crippen molar-refractivity contribution < 1.29 is 27.8 Å². The first-order valence-electron chi connectivity index (χ1n) is 4.89. The summed E-state index contributed by atoms with van der Waals surface area (Å²) < 4.78 is 40.2. The highest BCUT2D eigenvalue weighted by atomic mass is 19.4. The minimum absolute atomic E-state index is 0.00206. The lowest BCUT2D eigenvalue weighted by Crippen LogP contribution is -2.20. The number of aliphatic carboxylic acids is 1. The summed E-state index contributed by atoms with van der Waals surface area (Å²) in [7, 11) is 0. The van der Waals surface area contributed by atoms with Crippen molar-refractivity contribution in [2.45, 2.75) is 26.3 Å². The highest BCUT2D eigenvalue weighted by Crippen LogP contribution is 2.29. The smallest absolute Gasteiger partial charge is 0.481 e. The van der Waals surface area contributed by atoms with E-state index in [0.717, 1.165) is 6.20 Å². The fraction of sp³-hybridized carbons (Fsp3) is 0.400. The summed E-state index contributed by atoms with van der Waals surface area (Å²) in [4.78, 5) is 14.3. The first-order chi connectivity index (χ1) is 8.24. The Morgan fingerprint density at radius 2 is 2.11 bits per heavy atom. The molecule has 0 aliphatic heterocycles. The summed E-state index contributed by atoms with van der Waals surface area (Å²) >= 11 is 0. The molecular weight excluding hydrogens is 253 g/mol. The van der Waals surface area contributed by atoms with E-state index in [1.165, 1.54) is 6.92 Å². The summed E-state index contributed by atoms with van der Waals surface area (Å²) in [6.07, 6.45) is -4.45. The number of aromatic nitrogens is 1. The van der Waals surface area contributed by atoms with Gasteiger partial charge in [0, 0.05) is 17.8 Å². The van der Waals surface area contributed by atoms with Gasteiger partial charge >= 0.3 is 12.3 Å². The van der Waals surface area contributed by atoms with Crippen LogP contribution in [0.2, 0.25) is 0 Å². The molecule has 0 radical (unpaired) electrons. The van der Waals surface area contributed by atoms with Gasteiger partial charge in [0.15, 0.2) is 5.75 Å².